The van der Waals surface area contributed by atoms with Crippen molar-refractivity contribution in [2.45, 2.75) is 0 Å². The van der Waals surface area contributed by atoms with Crippen LogP contribution in [-0.4, -0.2) is 30.5 Å². The highest BCUT2D eigenvalue weighted by molar-refractivity contribution is 5.94. The van der Waals surface area contributed by atoms with Crippen molar-refractivity contribution in [2.24, 2.45) is 0 Å². The first-order chi connectivity index (χ1) is 8.39. The Kier molecular flexibility index (Phi) is 2.20. The molecule has 1 fully saturated rings. The van der Waals surface area contributed by atoms with Gasteiger partial charge < -0.3 is 9.64 Å². The highest BCUT2D eigenvalue weighted by Crippen LogP contribution is 2.20. The molecular formula is C10H10N2O4. The van der Waals surface area contributed by atoms with E-state index in [1.165, 1.54) is 29.2 Å². The molecule has 0 aromatic heterocycles. The zero-order chi connectivity index (χ0) is 13.3. The number of nitrogens with zero attached hydrogens (tertiary/aromatic N) is 2. The molecular weight excluding hydrogens is 212 g/mol. The lowest BCUT2D eigenvalue weighted by atomic mass is 10.2. The number of carbonyl (C=O) groups excluding carboxylic acids is 1. The van der Waals surface area contributed by atoms with Crippen LogP contribution >= 0.6 is 0 Å². The van der Waals surface area contributed by atoms with Crippen molar-refractivity contribution in [3.8, 4) is 0 Å². The Morgan fingerprint density at radius 1 is 1.44 bits per heavy atom. The van der Waals surface area contributed by atoms with Gasteiger partial charge in [0.05, 0.1) is 14.2 Å². The van der Waals surface area contributed by atoms with Gasteiger partial charge in [0.1, 0.15) is 6.61 Å². The second-order valence-electron chi connectivity index (χ2n) is 3.19. The van der Waals surface area contributed by atoms with E-state index >= 15 is 0 Å². The number of nitro benzene ring substituents is 1. The number of amides is 1. The summed E-state index contributed by atoms with van der Waals surface area (Å²) in [5.74, 6) is -0.376. The number of morpholine rings is 1. The first-order valence-corrected chi connectivity index (χ1v) is 4.58. The van der Waals surface area contributed by atoms with Crippen molar-refractivity contribution in [3.05, 3.63) is 34.4 Å². The molecule has 1 aliphatic rings. The summed E-state index contributed by atoms with van der Waals surface area (Å²) in [5, 5.41) is 10.5. The first kappa shape index (κ1) is 8.23. The molecule has 0 bridgehead atoms. The minimum Gasteiger partial charge on any atom is -0.370 e. The lowest BCUT2D eigenvalue weighted by molar-refractivity contribution is -0.384. The van der Waals surface area contributed by atoms with Gasteiger partial charge in [0.2, 0.25) is 0 Å². The molecule has 0 unspecified atom stereocenters. The maximum absolute atomic E-state index is 11.6. The lowest BCUT2D eigenvalue weighted by Gasteiger charge is -2.26. The van der Waals surface area contributed by atoms with Crippen LogP contribution < -0.4 is 4.90 Å². The van der Waals surface area contributed by atoms with Gasteiger partial charge in [-0.3, -0.25) is 14.9 Å². The molecule has 1 aromatic rings. The quantitative estimate of drug-likeness (QED) is 0.554. The summed E-state index contributed by atoms with van der Waals surface area (Å²) in [6, 6.07) is 5.37. The first-order valence-electron chi connectivity index (χ1n) is 5.58. The van der Waals surface area contributed by atoms with E-state index in [2.05, 4.69) is 0 Å². The molecule has 0 spiro atoms. The van der Waals surface area contributed by atoms with E-state index in [0.717, 1.165) is 0 Å². The van der Waals surface area contributed by atoms with Gasteiger partial charge in [0.25, 0.3) is 11.6 Å². The van der Waals surface area contributed by atoms with E-state index in [9.17, 15) is 14.9 Å². The van der Waals surface area contributed by atoms with Crippen LogP contribution in [0.4, 0.5) is 11.4 Å². The van der Waals surface area contributed by atoms with Gasteiger partial charge >= 0.3 is 0 Å². The van der Waals surface area contributed by atoms with Crippen LogP contribution in [0.1, 0.15) is 2.74 Å². The van der Waals surface area contributed by atoms with Gasteiger partial charge in [-0.1, -0.05) is 0 Å². The van der Waals surface area contributed by atoms with E-state index in [1.54, 1.807) is 0 Å². The minimum absolute atomic E-state index is 0.0810. The molecule has 0 N–H and O–H groups in total. The number of hydrogen-bond acceptors (Lipinski definition) is 4. The molecule has 0 aliphatic carbocycles. The minimum atomic E-state index is -1.91. The SMILES string of the molecule is [2H]C1([2H])CN(c2ccc([N+](=O)[O-])cc2)C(=O)CO1. The summed E-state index contributed by atoms with van der Waals surface area (Å²) < 4.78 is 19.6. The highest BCUT2D eigenvalue weighted by atomic mass is 16.6. The van der Waals surface area contributed by atoms with Gasteiger partial charge in [-0.2, -0.15) is 0 Å². The molecule has 2 rings (SSSR count). The van der Waals surface area contributed by atoms with E-state index in [0.29, 0.717) is 5.69 Å². The number of hydrogen-bond donors (Lipinski definition) is 0. The Hall–Kier alpha value is -1.95. The van der Waals surface area contributed by atoms with Crippen molar-refractivity contribution in [1.29, 1.82) is 0 Å². The number of non-ortho nitro benzene ring substituents is 1. The third kappa shape index (κ3) is 2.01. The van der Waals surface area contributed by atoms with Crippen LogP contribution in [0.3, 0.4) is 0 Å². The zero-order valence-electron chi connectivity index (χ0n) is 10.3. The summed E-state index contributed by atoms with van der Waals surface area (Å²) in [6.07, 6.45) is 0. The average molecular weight is 224 g/mol. The molecule has 1 amide bonds. The Labute approximate surface area is 94.4 Å². The van der Waals surface area contributed by atoms with Gasteiger partial charge in [0.15, 0.2) is 0 Å². The molecule has 0 radical (unpaired) electrons. The largest absolute Gasteiger partial charge is 0.370 e. The maximum Gasteiger partial charge on any atom is 0.269 e. The van der Waals surface area contributed by atoms with Crippen LogP contribution in [0.15, 0.2) is 24.3 Å². The third-order valence-electron chi connectivity index (χ3n) is 2.19. The van der Waals surface area contributed by atoms with Crippen LogP contribution in [0.5, 0.6) is 0 Å². The van der Waals surface area contributed by atoms with Gasteiger partial charge in [-0.05, 0) is 12.1 Å². The molecule has 0 atom stereocenters. The molecule has 1 heterocycles. The summed E-state index contributed by atoms with van der Waals surface area (Å²) in [6.45, 7) is -2.48. The van der Waals surface area contributed by atoms with Crippen molar-refractivity contribution in [3.63, 3.8) is 0 Å². The number of carbonyl (C=O) groups is 1. The van der Waals surface area contributed by atoms with Crippen LogP contribution in [0, 0.1) is 10.1 Å². The Bertz CT molecular complexity index is 489. The molecule has 1 aromatic carbocycles. The normalized spacial score (nSPS) is 21.2. The van der Waals surface area contributed by atoms with E-state index in [1.807, 2.05) is 0 Å². The van der Waals surface area contributed by atoms with E-state index < -0.39 is 11.5 Å². The van der Waals surface area contributed by atoms with E-state index in [4.69, 9.17) is 7.48 Å². The predicted octanol–water partition coefficient (Wildman–Crippen LogP) is 0.958. The van der Waals surface area contributed by atoms with Crippen molar-refractivity contribution in [2.75, 3.05) is 24.6 Å². The van der Waals surface area contributed by atoms with Crippen molar-refractivity contribution < 1.29 is 17.2 Å². The zero-order valence-corrected chi connectivity index (χ0v) is 8.25. The second-order valence-corrected chi connectivity index (χ2v) is 3.19. The summed E-state index contributed by atoms with van der Waals surface area (Å²) in [4.78, 5) is 22.8. The number of ether oxygens (including phenoxy) is 1. The van der Waals surface area contributed by atoms with Crippen LogP contribution in [-0.2, 0) is 9.53 Å². The Morgan fingerprint density at radius 3 is 2.75 bits per heavy atom. The summed E-state index contributed by atoms with van der Waals surface area (Å²) in [7, 11) is 0. The number of benzene rings is 1. The number of nitro groups is 1. The molecule has 6 nitrogen and oxygen atoms in total. The standard InChI is InChI=1S/C10H10N2O4/c13-10-7-16-6-5-11(10)8-1-3-9(4-2-8)12(14)15/h1-4H,5-7H2/i6D2. The summed E-state index contributed by atoms with van der Waals surface area (Å²) in [5.41, 5.74) is 0.334. The van der Waals surface area contributed by atoms with Crippen LogP contribution in [0.2, 0.25) is 0 Å². The third-order valence-corrected chi connectivity index (χ3v) is 2.19. The fourth-order valence-electron chi connectivity index (χ4n) is 1.38. The molecule has 16 heavy (non-hydrogen) atoms. The fourth-order valence-corrected chi connectivity index (χ4v) is 1.38. The van der Waals surface area contributed by atoms with Gasteiger partial charge in [-0.15, -0.1) is 0 Å². The second kappa shape index (κ2) is 4.28. The van der Waals surface area contributed by atoms with Crippen molar-refractivity contribution in [1.82, 2.24) is 0 Å². The van der Waals surface area contributed by atoms with Crippen LogP contribution in [0.25, 0.3) is 0 Å². The number of anilines is 1. The predicted molar refractivity (Wildman–Crippen MR) is 56.3 cm³/mol. The lowest BCUT2D eigenvalue weighted by Crippen LogP contribution is -2.41. The van der Waals surface area contributed by atoms with Gasteiger partial charge in [0, 0.05) is 24.4 Å². The average Bonchev–Trinajstić information content (AvgIpc) is 2.32. The molecule has 6 heteroatoms. The molecule has 1 saturated heterocycles. The molecule has 84 valence electrons. The smallest absolute Gasteiger partial charge is 0.269 e. The Morgan fingerprint density at radius 2 is 2.12 bits per heavy atom. The topological polar surface area (TPSA) is 72.7 Å². The highest BCUT2D eigenvalue weighted by Gasteiger charge is 2.20. The maximum atomic E-state index is 11.6. The summed E-state index contributed by atoms with van der Waals surface area (Å²) >= 11 is 0. The van der Waals surface area contributed by atoms with Gasteiger partial charge in [-0.25, -0.2) is 0 Å². The molecule has 1 aliphatic heterocycles. The number of rotatable bonds is 2. The van der Waals surface area contributed by atoms with E-state index in [-0.39, 0.29) is 24.7 Å². The fraction of sp³-hybridized carbons (Fsp3) is 0.300. The monoisotopic (exact) mass is 224 g/mol. The molecule has 0 saturated carbocycles. The van der Waals surface area contributed by atoms with Crippen molar-refractivity contribution >= 4 is 17.3 Å². The Balaban J connectivity index is 2.24.